The summed E-state index contributed by atoms with van der Waals surface area (Å²) < 4.78 is 23.5. The zero-order chi connectivity index (χ0) is 15.0. The summed E-state index contributed by atoms with van der Waals surface area (Å²) in [5.41, 5.74) is 3.33. The summed E-state index contributed by atoms with van der Waals surface area (Å²) >= 11 is 0. The molecule has 0 saturated carbocycles. The number of likely N-dealkylation sites (tertiary alicyclic amines) is 1. The number of hydrogen-bond donors (Lipinski definition) is 0. The Bertz CT molecular complexity index is 660. The first-order chi connectivity index (χ1) is 10.0. The zero-order valence-electron chi connectivity index (χ0n) is 12.3. The Hall–Kier alpha value is -1.36. The molecule has 0 N–H and O–H groups in total. The highest BCUT2D eigenvalue weighted by Gasteiger charge is 2.38. The van der Waals surface area contributed by atoms with E-state index in [-0.39, 0.29) is 16.9 Å². The Kier molecular flexibility index (Phi) is 3.78. The van der Waals surface area contributed by atoms with Crippen molar-refractivity contribution in [2.75, 3.05) is 18.8 Å². The van der Waals surface area contributed by atoms with Gasteiger partial charge in [-0.3, -0.25) is 4.79 Å². The van der Waals surface area contributed by atoms with Gasteiger partial charge in [-0.15, -0.1) is 0 Å². The molecule has 4 nitrogen and oxygen atoms in total. The summed E-state index contributed by atoms with van der Waals surface area (Å²) in [5.74, 6) is 0.115. The topological polar surface area (TPSA) is 54.5 Å². The van der Waals surface area contributed by atoms with Crippen molar-refractivity contribution in [3.8, 4) is 0 Å². The maximum absolute atomic E-state index is 12.4. The largest absolute Gasteiger partial charge is 0.336 e. The van der Waals surface area contributed by atoms with Gasteiger partial charge in [0, 0.05) is 24.4 Å². The zero-order valence-corrected chi connectivity index (χ0v) is 13.2. The average molecular weight is 307 g/mol. The van der Waals surface area contributed by atoms with E-state index in [2.05, 4.69) is 6.07 Å². The van der Waals surface area contributed by atoms with Crippen LogP contribution in [0.2, 0.25) is 0 Å². The van der Waals surface area contributed by atoms with Gasteiger partial charge in [0.15, 0.2) is 9.84 Å². The molecule has 0 unspecified atom stereocenters. The molecular formula is C16H21NO3S. The number of aryl methyl sites for hydroxylation is 2. The third-order valence-electron chi connectivity index (χ3n) is 4.64. The fourth-order valence-electron chi connectivity index (χ4n) is 3.12. The molecule has 5 heteroatoms. The highest BCUT2D eigenvalue weighted by molar-refractivity contribution is 7.92. The van der Waals surface area contributed by atoms with E-state index in [1.165, 1.54) is 24.0 Å². The van der Waals surface area contributed by atoms with Gasteiger partial charge in [0.2, 0.25) is 0 Å². The van der Waals surface area contributed by atoms with Crippen molar-refractivity contribution in [3.05, 3.63) is 34.9 Å². The lowest BCUT2D eigenvalue weighted by atomic mass is 9.90. The fraction of sp³-hybridized carbons (Fsp3) is 0.562. The number of rotatable bonds is 3. The van der Waals surface area contributed by atoms with Crippen LogP contribution in [0.3, 0.4) is 0 Å². The van der Waals surface area contributed by atoms with Crippen LogP contribution in [0.25, 0.3) is 0 Å². The van der Waals surface area contributed by atoms with Gasteiger partial charge in [-0.1, -0.05) is 13.0 Å². The van der Waals surface area contributed by atoms with Gasteiger partial charge in [-0.2, -0.15) is 0 Å². The van der Waals surface area contributed by atoms with E-state index in [9.17, 15) is 13.2 Å². The SMILES string of the molecule is CCS(=O)(=O)C1CN(C(=O)c2ccc3c(c2)CCCC3)C1. The van der Waals surface area contributed by atoms with Crippen LogP contribution in [0.1, 0.15) is 41.3 Å². The highest BCUT2D eigenvalue weighted by Crippen LogP contribution is 2.25. The molecule has 1 aliphatic heterocycles. The van der Waals surface area contributed by atoms with E-state index in [4.69, 9.17) is 0 Å². The summed E-state index contributed by atoms with van der Waals surface area (Å²) in [7, 11) is -3.02. The number of nitrogens with zero attached hydrogens (tertiary/aromatic N) is 1. The minimum Gasteiger partial charge on any atom is -0.336 e. The first-order valence-electron chi connectivity index (χ1n) is 7.64. The molecule has 1 amide bonds. The monoisotopic (exact) mass is 307 g/mol. The van der Waals surface area contributed by atoms with Crippen molar-refractivity contribution >= 4 is 15.7 Å². The third-order valence-corrected chi connectivity index (χ3v) is 6.76. The van der Waals surface area contributed by atoms with E-state index >= 15 is 0 Å². The van der Waals surface area contributed by atoms with Gasteiger partial charge in [0.25, 0.3) is 5.91 Å². The number of sulfone groups is 1. The van der Waals surface area contributed by atoms with Crippen LogP contribution in [0.15, 0.2) is 18.2 Å². The van der Waals surface area contributed by atoms with Crippen molar-refractivity contribution in [1.82, 2.24) is 4.90 Å². The quantitative estimate of drug-likeness (QED) is 0.856. The molecule has 1 aliphatic carbocycles. The minimum atomic E-state index is -3.02. The molecule has 1 aromatic rings. The van der Waals surface area contributed by atoms with Crippen LogP contribution in [0.5, 0.6) is 0 Å². The Labute approximate surface area is 126 Å². The van der Waals surface area contributed by atoms with Gasteiger partial charge in [-0.05, 0) is 48.9 Å². The lowest BCUT2D eigenvalue weighted by Gasteiger charge is -2.38. The predicted octanol–water partition coefficient (Wildman–Crippen LogP) is 1.82. The summed E-state index contributed by atoms with van der Waals surface area (Å²) in [6, 6.07) is 5.94. The van der Waals surface area contributed by atoms with E-state index < -0.39 is 9.84 Å². The molecule has 0 spiro atoms. The van der Waals surface area contributed by atoms with Crippen LogP contribution in [-0.2, 0) is 22.7 Å². The van der Waals surface area contributed by atoms with E-state index in [1.54, 1.807) is 11.8 Å². The lowest BCUT2D eigenvalue weighted by Crippen LogP contribution is -2.57. The molecule has 3 rings (SSSR count). The molecule has 0 radical (unpaired) electrons. The Morgan fingerprint density at radius 2 is 1.86 bits per heavy atom. The third kappa shape index (κ3) is 2.71. The maximum Gasteiger partial charge on any atom is 0.253 e. The number of fused-ring (bicyclic) bond motifs is 1. The second-order valence-corrected chi connectivity index (χ2v) is 8.54. The van der Waals surface area contributed by atoms with Gasteiger partial charge in [-0.25, -0.2) is 8.42 Å². The number of amides is 1. The van der Waals surface area contributed by atoms with Gasteiger partial charge in [0.1, 0.15) is 0 Å². The molecule has 2 aliphatic rings. The number of carbonyl (C=O) groups excluding carboxylic acids is 1. The van der Waals surface area contributed by atoms with Crippen LogP contribution in [-0.4, -0.2) is 43.3 Å². The van der Waals surface area contributed by atoms with Crippen LogP contribution in [0, 0.1) is 0 Å². The molecule has 0 aromatic heterocycles. The van der Waals surface area contributed by atoms with E-state index in [0.29, 0.717) is 18.7 Å². The molecule has 1 heterocycles. The van der Waals surface area contributed by atoms with Crippen molar-refractivity contribution in [1.29, 1.82) is 0 Å². The Morgan fingerprint density at radius 3 is 2.52 bits per heavy atom. The first kappa shape index (κ1) is 14.6. The van der Waals surface area contributed by atoms with Crippen molar-refractivity contribution < 1.29 is 13.2 Å². The summed E-state index contributed by atoms with van der Waals surface area (Å²) in [4.78, 5) is 14.0. The van der Waals surface area contributed by atoms with Gasteiger partial charge in [0.05, 0.1) is 5.25 Å². The van der Waals surface area contributed by atoms with Gasteiger partial charge >= 0.3 is 0 Å². The smallest absolute Gasteiger partial charge is 0.253 e. The highest BCUT2D eigenvalue weighted by atomic mass is 32.2. The molecule has 114 valence electrons. The predicted molar refractivity (Wildman–Crippen MR) is 82.2 cm³/mol. The molecular weight excluding hydrogens is 286 g/mol. The van der Waals surface area contributed by atoms with Gasteiger partial charge < -0.3 is 4.90 Å². The summed E-state index contributed by atoms with van der Waals surface area (Å²) in [6.45, 7) is 2.33. The molecule has 0 bridgehead atoms. The van der Waals surface area contributed by atoms with Crippen molar-refractivity contribution in [2.45, 2.75) is 37.9 Å². The summed E-state index contributed by atoms with van der Waals surface area (Å²) in [5, 5.41) is -0.371. The second kappa shape index (κ2) is 5.44. The Balaban J connectivity index is 1.70. The number of carbonyl (C=O) groups is 1. The second-order valence-electron chi connectivity index (χ2n) is 5.97. The number of hydrogen-bond acceptors (Lipinski definition) is 3. The lowest BCUT2D eigenvalue weighted by molar-refractivity contribution is 0.0659. The number of benzene rings is 1. The first-order valence-corrected chi connectivity index (χ1v) is 9.35. The molecule has 21 heavy (non-hydrogen) atoms. The minimum absolute atomic E-state index is 0.0362. The molecule has 0 atom stereocenters. The van der Waals surface area contributed by atoms with Crippen LogP contribution < -0.4 is 0 Å². The molecule has 1 aromatic carbocycles. The fourth-order valence-corrected chi connectivity index (χ4v) is 4.40. The Morgan fingerprint density at radius 1 is 1.19 bits per heavy atom. The molecule has 1 fully saturated rings. The van der Waals surface area contributed by atoms with Crippen molar-refractivity contribution in [3.63, 3.8) is 0 Å². The van der Waals surface area contributed by atoms with Crippen LogP contribution in [0.4, 0.5) is 0 Å². The average Bonchev–Trinajstić information content (AvgIpc) is 2.44. The van der Waals surface area contributed by atoms with Crippen LogP contribution >= 0.6 is 0 Å². The standard InChI is InChI=1S/C16H21NO3S/c1-2-21(19,20)15-10-17(11-15)16(18)14-8-7-12-5-3-4-6-13(12)9-14/h7-9,15H,2-6,10-11H2,1H3. The maximum atomic E-state index is 12.4. The molecule has 1 saturated heterocycles. The normalized spacial score (nSPS) is 19.0. The van der Waals surface area contributed by atoms with E-state index in [0.717, 1.165) is 12.8 Å². The van der Waals surface area contributed by atoms with E-state index in [1.807, 2.05) is 12.1 Å². The summed E-state index contributed by atoms with van der Waals surface area (Å²) in [6.07, 6.45) is 4.56. The van der Waals surface area contributed by atoms with Crippen molar-refractivity contribution in [2.24, 2.45) is 0 Å².